The molecule has 0 aromatic heterocycles. The van der Waals surface area contributed by atoms with Gasteiger partial charge in [-0.25, -0.2) is 8.42 Å². The number of guanidine groups is 1. The minimum Gasteiger partial charge on any atom is -0.379 e. The van der Waals surface area contributed by atoms with E-state index in [4.69, 9.17) is 4.74 Å². The maximum Gasteiger partial charge on any atom is 0.511 e. The van der Waals surface area contributed by atoms with E-state index in [9.17, 15) is 21.6 Å². The van der Waals surface area contributed by atoms with E-state index in [1.807, 2.05) is 6.92 Å². The van der Waals surface area contributed by atoms with E-state index in [-0.39, 0.29) is 55.9 Å². The summed E-state index contributed by atoms with van der Waals surface area (Å²) in [6, 6.07) is -0.125. The third-order valence-corrected chi connectivity index (χ3v) is 5.96. The molecule has 0 bridgehead atoms. The molecule has 1 saturated carbocycles. The predicted octanol–water partition coefficient (Wildman–Crippen LogP) is 1.90. The lowest BCUT2D eigenvalue weighted by atomic mass is 10.1. The van der Waals surface area contributed by atoms with Crippen molar-refractivity contribution in [2.75, 3.05) is 39.4 Å². The van der Waals surface area contributed by atoms with E-state index < -0.39 is 15.5 Å². The highest BCUT2D eigenvalue weighted by Crippen LogP contribution is 2.29. The third kappa shape index (κ3) is 7.89. The number of aliphatic imine (C=N–C) groups is 1. The van der Waals surface area contributed by atoms with Crippen molar-refractivity contribution in [3.63, 3.8) is 0 Å². The van der Waals surface area contributed by atoms with Gasteiger partial charge < -0.3 is 15.4 Å². The summed E-state index contributed by atoms with van der Waals surface area (Å²) in [4.78, 5) is 4.39. The number of nitrogens with zero attached hydrogens (tertiary/aromatic N) is 2. The first-order valence-corrected chi connectivity index (χ1v) is 10.4. The zero-order valence-electron chi connectivity index (χ0n) is 15.3. The Morgan fingerprint density at radius 1 is 1.22 bits per heavy atom. The molecule has 0 spiro atoms. The molecule has 0 amide bonds. The van der Waals surface area contributed by atoms with Gasteiger partial charge >= 0.3 is 15.5 Å². The Balaban J connectivity index is 0.00000364. The highest BCUT2D eigenvalue weighted by Gasteiger charge is 2.50. The average molecular weight is 528 g/mol. The van der Waals surface area contributed by atoms with Crippen LogP contribution in [0.3, 0.4) is 0 Å². The molecule has 2 aliphatic rings. The molecule has 2 N–H and O–H groups in total. The summed E-state index contributed by atoms with van der Waals surface area (Å²) in [5, 5.41) is 6.24. The predicted molar refractivity (Wildman–Crippen MR) is 108 cm³/mol. The molecule has 0 atom stereocenters. The molecule has 0 aromatic rings. The van der Waals surface area contributed by atoms with Crippen molar-refractivity contribution in [3.8, 4) is 0 Å². The number of hydrogen-bond acceptors (Lipinski definition) is 4. The van der Waals surface area contributed by atoms with Gasteiger partial charge in [0.15, 0.2) is 5.96 Å². The van der Waals surface area contributed by atoms with Crippen molar-refractivity contribution in [1.29, 1.82) is 0 Å². The fraction of sp³-hybridized carbons (Fsp3) is 0.933. The van der Waals surface area contributed by atoms with E-state index >= 15 is 0 Å². The molecule has 1 aliphatic carbocycles. The van der Waals surface area contributed by atoms with Crippen molar-refractivity contribution in [3.05, 3.63) is 0 Å². The number of sulfonamides is 1. The maximum atomic E-state index is 12.6. The average Bonchev–Trinajstić information content (AvgIpc) is 3.38. The molecule has 0 unspecified atom stereocenters. The zero-order valence-corrected chi connectivity index (χ0v) is 18.4. The smallest absolute Gasteiger partial charge is 0.379 e. The fourth-order valence-electron chi connectivity index (χ4n) is 2.66. The number of hydrogen-bond donors (Lipinski definition) is 2. The quantitative estimate of drug-likeness (QED) is 0.218. The Hall–Kier alpha value is -0.340. The van der Waals surface area contributed by atoms with Crippen molar-refractivity contribution in [1.82, 2.24) is 14.9 Å². The minimum absolute atomic E-state index is 0. The number of piperidine rings is 1. The SMILES string of the molecule is CCNC(=NCCOCC1CC1)NC1CCN(S(=O)(=O)C(F)(F)F)CC1.I. The van der Waals surface area contributed by atoms with Gasteiger partial charge in [-0.3, -0.25) is 4.99 Å². The van der Waals surface area contributed by atoms with Crippen LogP contribution in [-0.4, -0.2) is 69.6 Å². The molecule has 1 aliphatic heterocycles. The number of alkyl halides is 3. The molecular formula is C15H28F3IN4O3S. The van der Waals surface area contributed by atoms with E-state index in [1.165, 1.54) is 12.8 Å². The summed E-state index contributed by atoms with van der Waals surface area (Å²) in [7, 11) is -5.24. The van der Waals surface area contributed by atoms with Crippen LogP contribution in [0, 0.1) is 5.92 Å². The topological polar surface area (TPSA) is 83.0 Å². The van der Waals surface area contributed by atoms with Crippen LogP contribution in [-0.2, 0) is 14.8 Å². The summed E-state index contributed by atoms with van der Waals surface area (Å²) >= 11 is 0. The lowest BCUT2D eigenvalue weighted by Gasteiger charge is -2.32. The minimum atomic E-state index is -5.25. The monoisotopic (exact) mass is 528 g/mol. The van der Waals surface area contributed by atoms with E-state index in [0.29, 0.717) is 35.9 Å². The fourth-order valence-corrected chi connectivity index (χ4v) is 3.64. The van der Waals surface area contributed by atoms with Gasteiger partial charge in [-0.15, -0.1) is 24.0 Å². The standard InChI is InChI=1S/C15H27F3N4O3S.HI/c1-2-19-14(20-7-10-25-11-12-3-4-12)21-13-5-8-22(9-6-13)26(23,24)15(16,17)18;/h12-13H,2-11H2,1H3,(H2,19,20,21);1H. The Morgan fingerprint density at radius 2 is 1.85 bits per heavy atom. The van der Waals surface area contributed by atoms with Crippen LogP contribution in [0.5, 0.6) is 0 Å². The molecule has 1 heterocycles. The summed E-state index contributed by atoms with van der Waals surface area (Å²) in [6.45, 7) is 4.02. The highest BCUT2D eigenvalue weighted by atomic mass is 127. The molecular weight excluding hydrogens is 500 g/mol. The van der Waals surface area contributed by atoms with Crippen molar-refractivity contribution in [2.45, 2.75) is 44.2 Å². The molecule has 27 heavy (non-hydrogen) atoms. The Kier molecular flexibility index (Phi) is 10.1. The normalized spacial score (nSPS) is 20.2. The summed E-state index contributed by atoms with van der Waals surface area (Å²) in [5.74, 6) is 1.27. The Bertz CT molecular complexity index is 577. The van der Waals surface area contributed by atoms with Crippen LogP contribution >= 0.6 is 24.0 Å². The number of rotatable bonds is 8. The molecule has 0 radical (unpaired) electrons. The van der Waals surface area contributed by atoms with Crippen LogP contribution in [0.15, 0.2) is 4.99 Å². The molecule has 2 rings (SSSR count). The molecule has 1 saturated heterocycles. The van der Waals surface area contributed by atoms with Crippen LogP contribution in [0.1, 0.15) is 32.6 Å². The molecule has 0 aromatic carbocycles. The highest BCUT2D eigenvalue weighted by molar-refractivity contribution is 14.0. The molecule has 2 fully saturated rings. The van der Waals surface area contributed by atoms with Crippen molar-refractivity contribution < 1.29 is 26.3 Å². The molecule has 160 valence electrons. The number of ether oxygens (including phenoxy) is 1. The first-order valence-electron chi connectivity index (χ1n) is 8.93. The second kappa shape index (κ2) is 11.0. The lowest BCUT2D eigenvalue weighted by Crippen LogP contribution is -2.51. The third-order valence-electron chi connectivity index (χ3n) is 4.33. The lowest BCUT2D eigenvalue weighted by molar-refractivity contribution is -0.0494. The summed E-state index contributed by atoms with van der Waals surface area (Å²) in [6.07, 6.45) is 3.04. The van der Waals surface area contributed by atoms with Crippen molar-refractivity contribution >= 4 is 40.0 Å². The number of halogens is 4. The van der Waals surface area contributed by atoms with E-state index in [0.717, 1.165) is 6.61 Å². The van der Waals surface area contributed by atoms with Crippen LogP contribution in [0.25, 0.3) is 0 Å². The van der Waals surface area contributed by atoms with Gasteiger partial charge in [0.1, 0.15) is 0 Å². The molecule has 7 nitrogen and oxygen atoms in total. The van der Waals surface area contributed by atoms with Gasteiger partial charge in [0.05, 0.1) is 13.2 Å². The van der Waals surface area contributed by atoms with Crippen LogP contribution in [0.2, 0.25) is 0 Å². The first kappa shape index (κ1) is 24.7. The maximum absolute atomic E-state index is 12.6. The van der Waals surface area contributed by atoms with Gasteiger partial charge in [-0.2, -0.15) is 17.5 Å². The van der Waals surface area contributed by atoms with Crippen molar-refractivity contribution in [2.24, 2.45) is 10.9 Å². The van der Waals surface area contributed by atoms with E-state index in [1.54, 1.807) is 0 Å². The van der Waals surface area contributed by atoms with Gasteiger partial charge in [-0.1, -0.05) is 0 Å². The Labute approximate surface area is 175 Å². The zero-order chi connectivity index (χ0) is 19.2. The van der Waals surface area contributed by atoms with Crippen LogP contribution in [0.4, 0.5) is 13.2 Å². The molecule has 12 heteroatoms. The number of nitrogens with one attached hydrogen (secondary N) is 2. The first-order chi connectivity index (χ1) is 12.2. The summed E-state index contributed by atoms with van der Waals surface area (Å²) in [5.41, 5.74) is -5.25. The Morgan fingerprint density at radius 3 is 2.37 bits per heavy atom. The van der Waals surface area contributed by atoms with Gasteiger partial charge in [-0.05, 0) is 38.5 Å². The van der Waals surface area contributed by atoms with Gasteiger partial charge in [0.2, 0.25) is 0 Å². The largest absolute Gasteiger partial charge is 0.511 e. The second-order valence-electron chi connectivity index (χ2n) is 6.55. The second-order valence-corrected chi connectivity index (χ2v) is 8.48. The van der Waals surface area contributed by atoms with Gasteiger partial charge in [0.25, 0.3) is 0 Å². The van der Waals surface area contributed by atoms with Crippen LogP contribution < -0.4 is 10.6 Å². The van der Waals surface area contributed by atoms with E-state index in [2.05, 4.69) is 15.6 Å². The summed E-state index contributed by atoms with van der Waals surface area (Å²) < 4.78 is 66.7. The van der Waals surface area contributed by atoms with Gasteiger partial charge in [0, 0.05) is 32.3 Å².